The standard InChI is InChI=1S/C32H42N2O6/c1-30(2,3)39-28(36)33(9)24-17-15-22(16-18-24)21-25(35)19-20-26-27(23-13-11-10-12-14-23)38-32(7,8)34(26)29(37)40-31(4,5)6/h10-20,26-27H,21H2,1-9H3/b20-19+/t26-,27-/m1/s1. The Hall–Kier alpha value is -3.65. The van der Waals surface area contributed by atoms with Crippen LogP contribution in [0.5, 0.6) is 0 Å². The van der Waals surface area contributed by atoms with Crippen LogP contribution in [0.2, 0.25) is 0 Å². The molecule has 2 amide bonds. The third kappa shape index (κ3) is 8.18. The Labute approximate surface area is 237 Å². The van der Waals surface area contributed by atoms with Crippen LogP contribution < -0.4 is 4.90 Å². The largest absolute Gasteiger partial charge is 0.444 e. The summed E-state index contributed by atoms with van der Waals surface area (Å²) in [6, 6.07) is 16.2. The van der Waals surface area contributed by atoms with Crippen molar-refractivity contribution in [2.75, 3.05) is 11.9 Å². The number of amides is 2. The Morgan fingerprint density at radius 3 is 2.05 bits per heavy atom. The molecule has 40 heavy (non-hydrogen) atoms. The van der Waals surface area contributed by atoms with Gasteiger partial charge in [-0.05, 0) is 84.7 Å². The monoisotopic (exact) mass is 550 g/mol. The van der Waals surface area contributed by atoms with Crippen molar-refractivity contribution < 1.29 is 28.6 Å². The van der Waals surface area contributed by atoms with Crippen molar-refractivity contribution in [1.29, 1.82) is 0 Å². The lowest BCUT2D eigenvalue weighted by atomic mass is 10.0. The lowest BCUT2D eigenvalue weighted by molar-refractivity contribution is -0.114. The van der Waals surface area contributed by atoms with Gasteiger partial charge in [0.2, 0.25) is 0 Å². The number of nitrogens with zero attached hydrogens (tertiary/aromatic N) is 2. The lowest BCUT2D eigenvalue weighted by Crippen LogP contribution is -2.49. The number of hydrogen-bond acceptors (Lipinski definition) is 6. The fourth-order valence-electron chi connectivity index (χ4n) is 4.42. The van der Waals surface area contributed by atoms with Crippen LogP contribution in [0.15, 0.2) is 66.7 Å². The summed E-state index contributed by atoms with van der Waals surface area (Å²) < 4.78 is 17.5. The van der Waals surface area contributed by atoms with Gasteiger partial charge in [0.25, 0.3) is 0 Å². The first-order chi connectivity index (χ1) is 18.5. The molecule has 0 N–H and O–H groups in total. The molecule has 8 nitrogen and oxygen atoms in total. The lowest BCUT2D eigenvalue weighted by Gasteiger charge is -2.34. The number of ketones is 1. The molecule has 2 aromatic carbocycles. The second kappa shape index (κ2) is 11.8. The molecule has 0 saturated carbocycles. The maximum Gasteiger partial charge on any atom is 0.414 e. The van der Waals surface area contributed by atoms with Crippen LogP contribution in [0, 0.1) is 0 Å². The number of ether oxygens (including phenoxy) is 3. The highest BCUT2D eigenvalue weighted by atomic mass is 16.6. The highest BCUT2D eigenvalue weighted by Gasteiger charge is 2.50. The Bertz CT molecular complexity index is 1220. The molecule has 2 atom stereocenters. The van der Waals surface area contributed by atoms with E-state index in [-0.39, 0.29) is 12.2 Å². The summed E-state index contributed by atoms with van der Waals surface area (Å²) in [5.74, 6) is -0.131. The quantitative estimate of drug-likeness (QED) is 0.366. The normalized spacial score (nSPS) is 19.0. The fraction of sp³-hybridized carbons (Fsp3) is 0.469. The van der Waals surface area contributed by atoms with E-state index >= 15 is 0 Å². The Balaban J connectivity index is 1.78. The van der Waals surface area contributed by atoms with Gasteiger partial charge in [-0.1, -0.05) is 48.5 Å². The highest BCUT2D eigenvalue weighted by molar-refractivity contribution is 5.92. The van der Waals surface area contributed by atoms with Gasteiger partial charge in [-0.2, -0.15) is 0 Å². The molecule has 0 aromatic heterocycles. The Morgan fingerprint density at radius 2 is 1.50 bits per heavy atom. The first-order valence-corrected chi connectivity index (χ1v) is 13.5. The van der Waals surface area contributed by atoms with Gasteiger partial charge in [-0.15, -0.1) is 0 Å². The molecular weight excluding hydrogens is 508 g/mol. The molecule has 1 heterocycles. The minimum absolute atomic E-state index is 0.131. The van der Waals surface area contributed by atoms with Gasteiger partial charge in [0.15, 0.2) is 5.78 Å². The van der Waals surface area contributed by atoms with Gasteiger partial charge >= 0.3 is 12.2 Å². The first kappa shape index (κ1) is 30.9. The zero-order valence-electron chi connectivity index (χ0n) is 25.1. The topological polar surface area (TPSA) is 85.4 Å². The van der Waals surface area contributed by atoms with Gasteiger partial charge < -0.3 is 14.2 Å². The van der Waals surface area contributed by atoms with E-state index in [9.17, 15) is 14.4 Å². The summed E-state index contributed by atoms with van der Waals surface area (Å²) in [5.41, 5.74) is 0.103. The summed E-state index contributed by atoms with van der Waals surface area (Å²) in [6.45, 7) is 14.5. The molecule has 3 rings (SSSR count). The van der Waals surface area contributed by atoms with E-state index < -0.39 is 41.3 Å². The number of rotatable bonds is 6. The van der Waals surface area contributed by atoms with Crippen LogP contribution >= 0.6 is 0 Å². The predicted octanol–water partition coefficient (Wildman–Crippen LogP) is 6.84. The minimum Gasteiger partial charge on any atom is -0.444 e. The van der Waals surface area contributed by atoms with Crippen LogP contribution in [0.3, 0.4) is 0 Å². The summed E-state index contributed by atoms with van der Waals surface area (Å²) in [4.78, 5) is 41.6. The number of hydrogen-bond donors (Lipinski definition) is 0. The molecule has 1 aliphatic heterocycles. The number of benzene rings is 2. The van der Waals surface area contributed by atoms with Gasteiger partial charge in [0.1, 0.15) is 23.0 Å². The maximum atomic E-state index is 13.3. The van der Waals surface area contributed by atoms with Gasteiger partial charge in [0, 0.05) is 19.2 Å². The molecule has 0 spiro atoms. The zero-order chi connectivity index (χ0) is 29.9. The van der Waals surface area contributed by atoms with Crippen molar-refractivity contribution in [2.24, 2.45) is 0 Å². The molecule has 8 heteroatoms. The van der Waals surface area contributed by atoms with Gasteiger partial charge in [-0.25, -0.2) is 9.59 Å². The highest BCUT2D eigenvalue weighted by Crippen LogP contribution is 2.42. The second-order valence-corrected chi connectivity index (χ2v) is 12.4. The fourth-order valence-corrected chi connectivity index (χ4v) is 4.42. The molecule has 0 radical (unpaired) electrons. The van der Waals surface area contributed by atoms with Crippen LogP contribution in [0.1, 0.15) is 72.6 Å². The molecule has 0 unspecified atom stereocenters. The number of allylic oxidation sites excluding steroid dienone is 1. The third-order valence-electron chi connectivity index (χ3n) is 6.17. The van der Waals surface area contributed by atoms with Gasteiger partial charge in [0.05, 0.1) is 6.04 Å². The maximum absolute atomic E-state index is 13.3. The zero-order valence-corrected chi connectivity index (χ0v) is 25.1. The van der Waals surface area contributed by atoms with E-state index in [0.717, 1.165) is 11.1 Å². The third-order valence-corrected chi connectivity index (χ3v) is 6.17. The SMILES string of the molecule is CN(C(=O)OC(C)(C)C)c1ccc(CC(=O)/C=C/[C@@H]2[C@@H](c3ccccc3)OC(C)(C)N2C(=O)OC(C)(C)C)cc1. The predicted molar refractivity (Wildman–Crippen MR) is 155 cm³/mol. The average Bonchev–Trinajstić information content (AvgIpc) is 3.11. The van der Waals surface area contributed by atoms with Crippen molar-refractivity contribution in [1.82, 2.24) is 4.90 Å². The molecule has 1 fully saturated rings. The molecular formula is C32H42N2O6. The summed E-state index contributed by atoms with van der Waals surface area (Å²) in [6.07, 6.45) is 1.95. The van der Waals surface area contributed by atoms with E-state index in [1.54, 1.807) is 30.2 Å². The van der Waals surface area contributed by atoms with E-state index in [1.807, 2.05) is 97.9 Å². The molecule has 0 bridgehead atoms. The van der Waals surface area contributed by atoms with Crippen molar-refractivity contribution in [2.45, 2.75) is 90.9 Å². The smallest absolute Gasteiger partial charge is 0.414 e. The van der Waals surface area contributed by atoms with E-state index in [0.29, 0.717) is 5.69 Å². The van der Waals surface area contributed by atoms with Crippen LogP contribution in [0.4, 0.5) is 15.3 Å². The van der Waals surface area contributed by atoms with Crippen molar-refractivity contribution in [3.05, 3.63) is 77.9 Å². The van der Waals surface area contributed by atoms with E-state index in [2.05, 4.69) is 0 Å². The van der Waals surface area contributed by atoms with Crippen LogP contribution in [-0.2, 0) is 25.4 Å². The van der Waals surface area contributed by atoms with Crippen molar-refractivity contribution >= 4 is 23.7 Å². The van der Waals surface area contributed by atoms with E-state index in [1.165, 1.54) is 11.0 Å². The Morgan fingerprint density at radius 1 is 0.925 bits per heavy atom. The van der Waals surface area contributed by atoms with Crippen LogP contribution in [-0.4, -0.2) is 52.9 Å². The summed E-state index contributed by atoms with van der Waals surface area (Å²) >= 11 is 0. The molecule has 1 aliphatic rings. The first-order valence-electron chi connectivity index (χ1n) is 13.5. The van der Waals surface area contributed by atoms with E-state index in [4.69, 9.17) is 14.2 Å². The summed E-state index contributed by atoms with van der Waals surface area (Å²) in [7, 11) is 1.64. The molecule has 2 aromatic rings. The molecule has 0 aliphatic carbocycles. The number of anilines is 1. The van der Waals surface area contributed by atoms with Crippen molar-refractivity contribution in [3.63, 3.8) is 0 Å². The average molecular weight is 551 g/mol. The van der Waals surface area contributed by atoms with Crippen LogP contribution in [0.25, 0.3) is 0 Å². The molecule has 1 saturated heterocycles. The minimum atomic E-state index is -0.961. The van der Waals surface area contributed by atoms with Gasteiger partial charge in [-0.3, -0.25) is 14.6 Å². The Kier molecular flexibility index (Phi) is 9.14. The number of carbonyl (C=O) groups is 3. The molecule has 216 valence electrons. The van der Waals surface area contributed by atoms with Crippen molar-refractivity contribution in [3.8, 4) is 0 Å². The summed E-state index contributed by atoms with van der Waals surface area (Å²) in [5, 5.41) is 0. The second-order valence-electron chi connectivity index (χ2n) is 12.4. The number of carbonyl (C=O) groups excluding carboxylic acids is 3.